The highest BCUT2D eigenvalue weighted by molar-refractivity contribution is 6.05. The minimum absolute atomic E-state index is 0.324. The summed E-state index contributed by atoms with van der Waals surface area (Å²) in [6, 6.07) is 11.5. The van der Waals surface area contributed by atoms with Gasteiger partial charge in [-0.25, -0.2) is 9.37 Å². The predicted octanol–water partition coefficient (Wildman–Crippen LogP) is 3.22. The molecule has 6 nitrogen and oxygen atoms in total. The molecule has 26 heavy (non-hydrogen) atoms. The molecule has 2 aromatic heterocycles. The van der Waals surface area contributed by atoms with Gasteiger partial charge >= 0.3 is 0 Å². The number of hydrogen-bond donors (Lipinski definition) is 1. The van der Waals surface area contributed by atoms with E-state index in [0.29, 0.717) is 28.2 Å². The molecule has 130 valence electrons. The lowest BCUT2D eigenvalue weighted by Crippen LogP contribution is -2.20. The van der Waals surface area contributed by atoms with Gasteiger partial charge in [-0.3, -0.25) is 4.79 Å². The summed E-state index contributed by atoms with van der Waals surface area (Å²) < 4.78 is 19.7. The predicted molar refractivity (Wildman–Crippen MR) is 98.5 cm³/mol. The first-order valence-electron chi connectivity index (χ1n) is 7.96. The van der Waals surface area contributed by atoms with Crippen LogP contribution in [0.5, 0.6) is 5.75 Å². The van der Waals surface area contributed by atoms with Crippen molar-refractivity contribution in [2.45, 2.75) is 6.92 Å². The van der Waals surface area contributed by atoms with Crippen molar-refractivity contribution >= 4 is 28.2 Å². The van der Waals surface area contributed by atoms with Crippen LogP contribution in [0.25, 0.3) is 21.9 Å². The number of H-pyrrole nitrogens is 1. The van der Waals surface area contributed by atoms with Crippen molar-refractivity contribution in [3.05, 3.63) is 70.0 Å². The Morgan fingerprint density at radius 2 is 2.12 bits per heavy atom. The molecule has 4 aromatic rings. The van der Waals surface area contributed by atoms with E-state index in [2.05, 4.69) is 15.1 Å². The molecule has 7 heteroatoms. The van der Waals surface area contributed by atoms with E-state index in [1.807, 2.05) is 18.2 Å². The fraction of sp³-hybridized carbons (Fsp3) is 0.105. The monoisotopic (exact) mass is 350 g/mol. The molecule has 1 N–H and O–H groups in total. The van der Waals surface area contributed by atoms with Crippen LogP contribution in [0.4, 0.5) is 4.39 Å². The Morgan fingerprint density at radius 1 is 1.27 bits per heavy atom. The van der Waals surface area contributed by atoms with E-state index < -0.39 is 0 Å². The molecular formula is C19H15FN4O2. The molecule has 2 heterocycles. The van der Waals surface area contributed by atoms with Crippen molar-refractivity contribution in [1.29, 1.82) is 0 Å². The minimum atomic E-state index is -0.365. The van der Waals surface area contributed by atoms with Gasteiger partial charge < -0.3 is 9.72 Å². The first-order chi connectivity index (χ1) is 12.6. The standard InChI is InChI=1S/C19H15FN4O2/c1-11-22-17-15-9-14(26-2)6-7-16(15)23-18(17)19(25)24(11)21-10-12-4-3-5-13(20)8-12/h3-10,23H,1-2H3/b21-10+. The second kappa shape index (κ2) is 6.11. The molecule has 0 spiro atoms. The summed E-state index contributed by atoms with van der Waals surface area (Å²) >= 11 is 0. The summed E-state index contributed by atoms with van der Waals surface area (Å²) in [6.07, 6.45) is 1.43. The number of aryl methyl sites for hydroxylation is 1. The number of benzene rings is 2. The summed E-state index contributed by atoms with van der Waals surface area (Å²) in [5.41, 5.74) is 1.94. The maximum atomic E-state index is 13.3. The van der Waals surface area contributed by atoms with Gasteiger partial charge in [0.05, 0.1) is 13.3 Å². The molecule has 0 fully saturated rings. The molecule has 0 saturated heterocycles. The Hall–Kier alpha value is -3.48. The molecule has 0 atom stereocenters. The summed E-state index contributed by atoms with van der Waals surface area (Å²) in [7, 11) is 1.59. The normalized spacial score (nSPS) is 11.7. The third-order valence-electron chi connectivity index (χ3n) is 4.14. The van der Waals surface area contributed by atoms with Crippen LogP contribution in [-0.2, 0) is 0 Å². The topological polar surface area (TPSA) is 72.3 Å². The van der Waals surface area contributed by atoms with Crippen LogP contribution in [0, 0.1) is 12.7 Å². The molecule has 0 aliphatic heterocycles. The number of rotatable bonds is 3. The van der Waals surface area contributed by atoms with E-state index in [9.17, 15) is 9.18 Å². The second-order valence-corrected chi connectivity index (χ2v) is 5.84. The second-order valence-electron chi connectivity index (χ2n) is 5.84. The van der Waals surface area contributed by atoms with Crippen molar-refractivity contribution in [2.24, 2.45) is 5.10 Å². The van der Waals surface area contributed by atoms with Crippen molar-refractivity contribution in [2.75, 3.05) is 7.11 Å². The Kier molecular flexibility index (Phi) is 3.76. The maximum Gasteiger partial charge on any atom is 0.298 e. The fourth-order valence-corrected chi connectivity index (χ4v) is 2.86. The van der Waals surface area contributed by atoms with Crippen molar-refractivity contribution < 1.29 is 9.13 Å². The first kappa shape index (κ1) is 16.0. The van der Waals surface area contributed by atoms with Gasteiger partial charge in [0.2, 0.25) is 0 Å². The first-order valence-corrected chi connectivity index (χ1v) is 7.96. The van der Waals surface area contributed by atoms with Gasteiger partial charge in [0.25, 0.3) is 5.56 Å². The highest BCUT2D eigenvalue weighted by Crippen LogP contribution is 2.26. The van der Waals surface area contributed by atoms with E-state index in [-0.39, 0.29) is 11.4 Å². The lowest BCUT2D eigenvalue weighted by atomic mass is 10.2. The Bertz CT molecular complexity index is 1220. The van der Waals surface area contributed by atoms with Gasteiger partial charge in [0, 0.05) is 10.9 Å². The summed E-state index contributed by atoms with van der Waals surface area (Å²) in [5.74, 6) is 0.751. The van der Waals surface area contributed by atoms with Gasteiger partial charge in [-0.2, -0.15) is 9.78 Å². The van der Waals surface area contributed by atoms with Crippen LogP contribution >= 0.6 is 0 Å². The highest BCUT2D eigenvalue weighted by Gasteiger charge is 2.13. The van der Waals surface area contributed by atoms with E-state index in [1.54, 1.807) is 26.2 Å². The lowest BCUT2D eigenvalue weighted by molar-refractivity contribution is 0.415. The number of fused-ring (bicyclic) bond motifs is 3. The molecule has 0 saturated carbocycles. The minimum Gasteiger partial charge on any atom is -0.497 e. The van der Waals surface area contributed by atoms with Crippen molar-refractivity contribution in [1.82, 2.24) is 14.6 Å². The smallest absolute Gasteiger partial charge is 0.298 e. The average Bonchev–Trinajstić information content (AvgIpc) is 2.99. The quantitative estimate of drug-likeness (QED) is 0.577. The van der Waals surface area contributed by atoms with Gasteiger partial charge in [0.15, 0.2) is 0 Å². The molecular weight excluding hydrogens is 335 g/mol. The Labute approximate surface area is 147 Å². The molecule has 0 bridgehead atoms. The molecule has 0 aliphatic rings. The Morgan fingerprint density at radius 3 is 2.88 bits per heavy atom. The third kappa shape index (κ3) is 2.63. The van der Waals surface area contributed by atoms with Crippen LogP contribution in [0.2, 0.25) is 0 Å². The molecule has 2 aromatic carbocycles. The number of methoxy groups -OCH3 is 1. The van der Waals surface area contributed by atoms with Crippen LogP contribution in [0.3, 0.4) is 0 Å². The molecule has 0 unspecified atom stereocenters. The summed E-state index contributed by atoms with van der Waals surface area (Å²) in [4.78, 5) is 20.4. The molecule has 0 amide bonds. The van der Waals surface area contributed by atoms with Crippen LogP contribution in [-0.4, -0.2) is 28.0 Å². The Balaban J connectivity index is 1.89. The summed E-state index contributed by atoms with van der Waals surface area (Å²) in [6.45, 7) is 1.70. The van der Waals surface area contributed by atoms with E-state index >= 15 is 0 Å². The van der Waals surface area contributed by atoms with Crippen LogP contribution < -0.4 is 10.3 Å². The maximum absolute atomic E-state index is 13.3. The number of aromatic amines is 1. The summed E-state index contributed by atoms with van der Waals surface area (Å²) in [5, 5.41) is 4.98. The number of hydrogen-bond acceptors (Lipinski definition) is 4. The van der Waals surface area contributed by atoms with Gasteiger partial charge in [0.1, 0.15) is 28.4 Å². The number of ether oxygens (including phenoxy) is 1. The average molecular weight is 350 g/mol. The van der Waals surface area contributed by atoms with Gasteiger partial charge in [-0.15, -0.1) is 0 Å². The van der Waals surface area contributed by atoms with E-state index in [0.717, 1.165) is 10.9 Å². The zero-order valence-electron chi connectivity index (χ0n) is 14.2. The van der Waals surface area contributed by atoms with E-state index in [4.69, 9.17) is 4.74 Å². The van der Waals surface area contributed by atoms with E-state index in [1.165, 1.54) is 23.0 Å². The lowest BCUT2D eigenvalue weighted by Gasteiger charge is -2.03. The third-order valence-corrected chi connectivity index (χ3v) is 4.14. The SMILES string of the molecule is COc1ccc2[nH]c3c(=O)n(/N=C/c4cccc(F)c4)c(C)nc3c2c1. The van der Waals surface area contributed by atoms with Crippen LogP contribution in [0.1, 0.15) is 11.4 Å². The fourth-order valence-electron chi connectivity index (χ4n) is 2.86. The van der Waals surface area contributed by atoms with Crippen molar-refractivity contribution in [3.8, 4) is 5.75 Å². The van der Waals surface area contributed by atoms with Gasteiger partial charge in [-0.1, -0.05) is 12.1 Å². The molecule has 0 radical (unpaired) electrons. The zero-order valence-corrected chi connectivity index (χ0v) is 14.2. The zero-order chi connectivity index (χ0) is 18.3. The van der Waals surface area contributed by atoms with Gasteiger partial charge in [-0.05, 0) is 42.8 Å². The van der Waals surface area contributed by atoms with Crippen molar-refractivity contribution in [3.63, 3.8) is 0 Å². The highest BCUT2D eigenvalue weighted by atomic mass is 19.1. The van der Waals surface area contributed by atoms with Crippen LogP contribution in [0.15, 0.2) is 52.4 Å². The molecule has 0 aliphatic carbocycles. The molecule has 4 rings (SSSR count). The number of aromatic nitrogens is 3. The number of halogens is 1. The largest absolute Gasteiger partial charge is 0.497 e. The number of nitrogens with one attached hydrogen (secondary N) is 1. The number of nitrogens with zero attached hydrogens (tertiary/aromatic N) is 3.